The van der Waals surface area contributed by atoms with Gasteiger partial charge in [-0.3, -0.25) is 4.79 Å². The molecule has 1 aromatic rings. The van der Waals surface area contributed by atoms with Gasteiger partial charge in [-0.25, -0.2) is 4.79 Å². The number of nitrogens with one attached hydrogen (secondary N) is 1. The quantitative estimate of drug-likeness (QED) is 0.310. The molecule has 170 valence electrons. The number of aliphatic hydroxyl groups is 1. The Morgan fingerprint density at radius 1 is 1.26 bits per heavy atom. The Morgan fingerprint density at radius 2 is 1.97 bits per heavy atom. The van der Waals surface area contributed by atoms with Crippen molar-refractivity contribution in [1.82, 2.24) is 5.32 Å². The highest BCUT2D eigenvalue weighted by Gasteiger charge is 2.56. The molecule has 8 heteroatoms. The number of carboxylic acids is 1. The lowest BCUT2D eigenvalue weighted by molar-refractivity contribution is -0.146. The summed E-state index contributed by atoms with van der Waals surface area (Å²) in [4.78, 5) is 24.4. The Bertz CT molecular complexity index is 935. The number of carbonyl (C=O) groups excluding carboxylic acids is 1. The maximum absolute atomic E-state index is 12.5. The van der Waals surface area contributed by atoms with Crippen LogP contribution in [0.15, 0.2) is 6.07 Å². The number of phenols is 2. The number of hydrogen-bond donors (Lipinski definition) is 6. The van der Waals surface area contributed by atoms with E-state index in [9.17, 15) is 30.0 Å². The zero-order valence-corrected chi connectivity index (χ0v) is 18.8. The van der Waals surface area contributed by atoms with Crippen LogP contribution in [-0.2, 0) is 21.5 Å². The van der Waals surface area contributed by atoms with Gasteiger partial charge in [0.2, 0.25) is 5.91 Å². The Hall–Kier alpha value is -1.93. The molecule has 0 heterocycles. The highest BCUT2D eigenvalue weighted by Crippen LogP contribution is 2.62. The molecular weight excluding hydrogens is 418 g/mol. The number of aromatic hydroxyl groups is 2. The monoisotopic (exact) mass is 449 g/mol. The summed E-state index contributed by atoms with van der Waals surface area (Å²) in [5.74, 6) is -2.02. The molecule has 1 amide bonds. The van der Waals surface area contributed by atoms with Gasteiger partial charge in [0.1, 0.15) is 0 Å². The smallest absolute Gasteiger partial charge is 0.335 e. The van der Waals surface area contributed by atoms with Crippen molar-refractivity contribution in [2.45, 2.75) is 69.9 Å². The minimum atomic E-state index is -1.82. The lowest BCUT2D eigenvalue weighted by Gasteiger charge is -2.51. The van der Waals surface area contributed by atoms with Crippen molar-refractivity contribution >= 4 is 24.5 Å². The van der Waals surface area contributed by atoms with Crippen LogP contribution in [0.2, 0.25) is 0 Å². The molecule has 2 saturated carbocycles. The van der Waals surface area contributed by atoms with Crippen molar-refractivity contribution in [3.8, 4) is 11.5 Å². The number of thiol groups is 1. The van der Waals surface area contributed by atoms with Crippen molar-refractivity contribution in [3.05, 3.63) is 22.8 Å². The van der Waals surface area contributed by atoms with Gasteiger partial charge in [-0.1, -0.05) is 6.92 Å². The first-order chi connectivity index (χ1) is 14.6. The molecule has 4 rings (SSSR count). The zero-order chi connectivity index (χ0) is 22.7. The molecular formula is C23H31NO6S. The van der Waals surface area contributed by atoms with Crippen molar-refractivity contribution in [2.24, 2.45) is 17.3 Å². The average Bonchev–Trinajstić information content (AvgIpc) is 3.03. The molecule has 3 aliphatic rings. The van der Waals surface area contributed by atoms with Gasteiger partial charge >= 0.3 is 5.97 Å². The molecule has 7 nitrogen and oxygen atoms in total. The third-order valence-electron chi connectivity index (χ3n) is 8.36. The molecule has 6 atom stereocenters. The fourth-order valence-electron chi connectivity index (χ4n) is 6.82. The number of aliphatic hydroxyl groups excluding tert-OH is 1. The molecule has 0 aliphatic heterocycles. The van der Waals surface area contributed by atoms with E-state index in [0.717, 1.165) is 37.7 Å². The first kappa shape index (κ1) is 22.3. The van der Waals surface area contributed by atoms with E-state index in [1.165, 1.54) is 13.0 Å². The number of benzene rings is 1. The first-order valence-corrected chi connectivity index (χ1v) is 11.6. The molecule has 1 aromatic carbocycles. The highest BCUT2D eigenvalue weighted by molar-refractivity contribution is 7.80. The van der Waals surface area contributed by atoms with Crippen LogP contribution in [0.3, 0.4) is 0 Å². The second-order valence-corrected chi connectivity index (χ2v) is 10.1. The summed E-state index contributed by atoms with van der Waals surface area (Å²) in [6.07, 6.45) is 4.24. The van der Waals surface area contributed by atoms with Gasteiger partial charge in [0.25, 0.3) is 0 Å². The number of phenolic OH excluding ortho intramolecular Hbond substituents is 2. The SMILES string of the molecule is CC(=O)NC(CS)(C(=O)O)c1cc(O)c(O)c2c1[C@H]1CC[C@]3(C)[C@@H](O)CC[C@H]3[C@@H]1CC2. The third kappa shape index (κ3) is 3.13. The largest absolute Gasteiger partial charge is 0.504 e. The van der Waals surface area contributed by atoms with Gasteiger partial charge in [-0.2, -0.15) is 12.6 Å². The Morgan fingerprint density at radius 3 is 2.58 bits per heavy atom. The van der Waals surface area contributed by atoms with Crippen LogP contribution in [0, 0.1) is 17.3 Å². The van der Waals surface area contributed by atoms with Crippen LogP contribution in [0.4, 0.5) is 0 Å². The van der Waals surface area contributed by atoms with E-state index in [1.807, 2.05) is 0 Å². The molecule has 0 radical (unpaired) electrons. The third-order valence-corrected chi connectivity index (χ3v) is 8.84. The van der Waals surface area contributed by atoms with E-state index in [4.69, 9.17) is 0 Å². The fraction of sp³-hybridized carbons (Fsp3) is 0.652. The first-order valence-electron chi connectivity index (χ1n) is 11.0. The van der Waals surface area contributed by atoms with E-state index in [2.05, 4.69) is 24.9 Å². The van der Waals surface area contributed by atoms with Crippen LogP contribution in [-0.4, -0.2) is 44.2 Å². The Balaban J connectivity index is 1.91. The molecule has 5 N–H and O–H groups in total. The lowest BCUT2D eigenvalue weighted by Crippen LogP contribution is -2.54. The number of carbonyl (C=O) groups is 2. The number of hydrogen-bond acceptors (Lipinski definition) is 6. The van der Waals surface area contributed by atoms with Crippen LogP contribution >= 0.6 is 12.6 Å². The maximum Gasteiger partial charge on any atom is 0.335 e. The molecule has 3 aliphatic carbocycles. The standard InChI is InChI=1S/C23H31NO6S/c1-11(25)24-23(10-31,21(29)30)16-9-17(26)20(28)14-4-3-12-13(19(14)16)7-8-22(2)15(12)5-6-18(22)27/h9,12-13,15,18,26-28,31H,3-8,10H2,1-2H3,(H,24,25)(H,29,30)/t12-,13+,15+,18+,22+,23?/m1/s1. The molecule has 0 aromatic heterocycles. The normalized spacial score (nSPS) is 33.5. The van der Waals surface area contributed by atoms with Crippen molar-refractivity contribution in [1.29, 1.82) is 0 Å². The number of amides is 1. The second kappa shape index (κ2) is 7.59. The Kier molecular flexibility index (Phi) is 5.45. The number of rotatable bonds is 4. The number of fused-ring (bicyclic) bond motifs is 5. The molecule has 0 bridgehead atoms. The number of aliphatic carboxylic acids is 1. The molecule has 2 fully saturated rings. The molecule has 0 saturated heterocycles. The van der Waals surface area contributed by atoms with Crippen LogP contribution in [0.5, 0.6) is 11.5 Å². The van der Waals surface area contributed by atoms with Crippen LogP contribution < -0.4 is 5.32 Å². The van der Waals surface area contributed by atoms with Gasteiger partial charge in [-0.05, 0) is 78.9 Å². The summed E-state index contributed by atoms with van der Waals surface area (Å²) in [7, 11) is 0. The second-order valence-electron chi connectivity index (χ2n) is 9.79. The van der Waals surface area contributed by atoms with Gasteiger partial charge in [-0.15, -0.1) is 0 Å². The van der Waals surface area contributed by atoms with Crippen molar-refractivity contribution in [2.75, 3.05) is 5.75 Å². The van der Waals surface area contributed by atoms with Gasteiger partial charge in [0.05, 0.1) is 6.10 Å². The zero-order valence-electron chi connectivity index (χ0n) is 17.9. The molecule has 0 spiro atoms. The summed E-state index contributed by atoms with van der Waals surface area (Å²) >= 11 is 4.29. The summed E-state index contributed by atoms with van der Waals surface area (Å²) in [6.45, 7) is 3.41. The van der Waals surface area contributed by atoms with Gasteiger partial charge in [0.15, 0.2) is 17.0 Å². The predicted octanol–water partition coefficient (Wildman–Crippen LogP) is 2.66. The minimum absolute atomic E-state index is 0.0130. The van der Waals surface area contributed by atoms with Crippen LogP contribution in [0.1, 0.15) is 68.6 Å². The molecule has 31 heavy (non-hydrogen) atoms. The number of carboxylic acid groups (broad SMARTS) is 1. The maximum atomic E-state index is 12.5. The van der Waals surface area contributed by atoms with E-state index in [1.54, 1.807) is 0 Å². The fourth-order valence-corrected chi connectivity index (χ4v) is 7.20. The topological polar surface area (TPSA) is 127 Å². The van der Waals surface area contributed by atoms with E-state index >= 15 is 0 Å². The minimum Gasteiger partial charge on any atom is -0.504 e. The van der Waals surface area contributed by atoms with Gasteiger partial charge < -0.3 is 25.7 Å². The highest BCUT2D eigenvalue weighted by atomic mass is 32.1. The van der Waals surface area contributed by atoms with E-state index in [-0.39, 0.29) is 40.6 Å². The van der Waals surface area contributed by atoms with Crippen LogP contribution in [0.25, 0.3) is 0 Å². The average molecular weight is 450 g/mol. The summed E-state index contributed by atoms with van der Waals surface area (Å²) < 4.78 is 0. The summed E-state index contributed by atoms with van der Waals surface area (Å²) in [5.41, 5.74) is -0.381. The van der Waals surface area contributed by atoms with Crippen molar-refractivity contribution in [3.63, 3.8) is 0 Å². The van der Waals surface area contributed by atoms with Crippen molar-refractivity contribution < 1.29 is 30.0 Å². The van der Waals surface area contributed by atoms with E-state index < -0.39 is 17.4 Å². The Labute approximate surface area is 187 Å². The summed E-state index contributed by atoms with van der Waals surface area (Å²) in [6, 6.07) is 1.29. The lowest BCUT2D eigenvalue weighted by atomic mass is 9.54. The molecule has 1 unspecified atom stereocenters. The predicted molar refractivity (Wildman–Crippen MR) is 117 cm³/mol. The van der Waals surface area contributed by atoms with Gasteiger partial charge in [0, 0.05) is 18.2 Å². The summed E-state index contributed by atoms with van der Waals surface area (Å²) in [5, 5.41) is 44.5. The van der Waals surface area contributed by atoms with E-state index in [0.29, 0.717) is 23.5 Å².